The highest BCUT2D eigenvalue weighted by Gasteiger charge is 2.06. The first-order valence-corrected chi connectivity index (χ1v) is 6.68. The second kappa shape index (κ2) is 6.35. The fraction of sp³-hybridized carbons (Fsp3) is 0.235. The summed E-state index contributed by atoms with van der Waals surface area (Å²) in [5.74, 6) is -0.890. The van der Waals surface area contributed by atoms with Crippen LogP contribution in [-0.4, -0.2) is 11.1 Å². The molecular formula is C17H19NO2. The highest BCUT2D eigenvalue weighted by atomic mass is 16.4. The lowest BCUT2D eigenvalue weighted by Crippen LogP contribution is -2.18. The predicted octanol–water partition coefficient (Wildman–Crippen LogP) is 3.54. The summed E-state index contributed by atoms with van der Waals surface area (Å²) in [5.41, 5.74) is 3.78. The summed E-state index contributed by atoms with van der Waals surface area (Å²) in [7, 11) is 0. The van der Waals surface area contributed by atoms with E-state index in [1.54, 1.807) is 18.2 Å². The fourth-order valence-electron chi connectivity index (χ4n) is 2.14. The van der Waals surface area contributed by atoms with Gasteiger partial charge < -0.3 is 10.4 Å². The van der Waals surface area contributed by atoms with Gasteiger partial charge in [-0.15, -0.1) is 0 Å². The molecule has 0 aromatic heterocycles. The average molecular weight is 269 g/mol. The molecule has 0 aliphatic heterocycles. The molecule has 104 valence electrons. The van der Waals surface area contributed by atoms with Gasteiger partial charge >= 0.3 is 5.97 Å². The van der Waals surface area contributed by atoms with Gasteiger partial charge in [-0.05, 0) is 37.1 Å². The number of aryl methyl sites for hydroxylation is 1. The van der Waals surface area contributed by atoms with E-state index in [-0.39, 0.29) is 6.04 Å². The lowest BCUT2D eigenvalue weighted by atomic mass is 10.1. The van der Waals surface area contributed by atoms with E-state index < -0.39 is 5.97 Å². The van der Waals surface area contributed by atoms with Crippen molar-refractivity contribution in [2.75, 3.05) is 0 Å². The standard InChI is InChI=1S/C17H19NO2/c1-12-5-3-7-15(9-12)13(2)18-11-14-6-4-8-16(10-14)17(19)20/h3-10,13,18H,11H2,1-2H3,(H,19,20)/t13-/m0/s1. The van der Waals surface area contributed by atoms with Crippen molar-refractivity contribution in [2.24, 2.45) is 0 Å². The van der Waals surface area contributed by atoms with Crippen LogP contribution in [0.3, 0.4) is 0 Å². The Morgan fingerprint density at radius 2 is 1.95 bits per heavy atom. The minimum Gasteiger partial charge on any atom is -0.478 e. The van der Waals surface area contributed by atoms with Crippen LogP contribution in [0, 0.1) is 6.92 Å². The molecule has 0 saturated carbocycles. The largest absolute Gasteiger partial charge is 0.478 e. The van der Waals surface area contributed by atoms with E-state index in [1.807, 2.05) is 12.1 Å². The highest BCUT2D eigenvalue weighted by Crippen LogP contribution is 2.15. The van der Waals surface area contributed by atoms with Crippen molar-refractivity contribution in [3.8, 4) is 0 Å². The zero-order chi connectivity index (χ0) is 14.5. The summed E-state index contributed by atoms with van der Waals surface area (Å²) in [6.45, 7) is 4.83. The second-order valence-electron chi connectivity index (χ2n) is 5.02. The fourth-order valence-corrected chi connectivity index (χ4v) is 2.14. The molecule has 1 atom stereocenters. The van der Waals surface area contributed by atoms with Crippen LogP contribution >= 0.6 is 0 Å². The van der Waals surface area contributed by atoms with Crippen LogP contribution in [0.4, 0.5) is 0 Å². The van der Waals surface area contributed by atoms with Gasteiger partial charge in [0.2, 0.25) is 0 Å². The van der Waals surface area contributed by atoms with E-state index in [4.69, 9.17) is 5.11 Å². The monoisotopic (exact) mass is 269 g/mol. The van der Waals surface area contributed by atoms with Crippen LogP contribution in [0.1, 0.15) is 40.0 Å². The molecule has 0 saturated heterocycles. The molecule has 0 unspecified atom stereocenters. The molecule has 0 fully saturated rings. The van der Waals surface area contributed by atoms with Gasteiger partial charge in [0.15, 0.2) is 0 Å². The van der Waals surface area contributed by atoms with Crippen LogP contribution in [0.5, 0.6) is 0 Å². The normalized spacial score (nSPS) is 12.1. The summed E-state index contributed by atoms with van der Waals surface area (Å²) in [6, 6.07) is 15.6. The first kappa shape index (κ1) is 14.3. The van der Waals surface area contributed by atoms with Crippen molar-refractivity contribution in [3.63, 3.8) is 0 Å². The van der Waals surface area contributed by atoms with Gasteiger partial charge in [-0.1, -0.05) is 42.0 Å². The van der Waals surface area contributed by atoms with Crippen molar-refractivity contribution in [2.45, 2.75) is 26.4 Å². The second-order valence-corrected chi connectivity index (χ2v) is 5.02. The third-order valence-electron chi connectivity index (χ3n) is 3.33. The first-order chi connectivity index (χ1) is 9.56. The molecule has 0 aliphatic carbocycles. The van der Waals surface area contributed by atoms with Crippen molar-refractivity contribution in [1.82, 2.24) is 5.32 Å². The lowest BCUT2D eigenvalue weighted by Gasteiger charge is -2.15. The third kappa shape index (κ3) is 3.68. The zero-order valence-corrected chi connectivity index (χ0v) is 11.8. The summed E-state index contributed by atoms with van der Waals surface area (Å²) in [4.78, 5) is 10.9. The molecule has 0 bridgehead atoms. The van der Waals surface area contributed by atoms with Crippen molar-refractivity contribution in [1.29, 1.82) is 0 Å². The highest BCUT2D eigenvalue weighted by molar-refractivity contribution is 5.87. The maximum absolute atomic E-state index is 10.9. The molecule has 2 aromatic rings. The summed E-state index contributed by atoms with van der Waals surface area (Å²) < 4.78 is 0. The molecule has 0 aliphatic rings. The maximum atomic E-state index is 10.9. The van der Waals surface area contributed by atoms with E-state index in [9.17, 15) is 4.79 Å². The summed E-state index contributed by atoms with van der Waals surface area (Å²) in [5, 5.41) is 12.4. The number of benzene rings is 2. The summed E-state index contributed by atoms with van der Waals surface area (Å²) in [6.07, 6.45) is 0. The van der Waals surface area contributed by atoms with Gasteiger partial charge in [-0.3, -0.25) is 0 Å². The van der Waals surface area contributed by atoms with Crippen LogP contribution in [0.15, 0.2) is 48.5 Å². The van der Waals surface area contributed by atoms with Gasteiger partial charge in [-0.25, -0.2) is 4.79 Å². The molecule has 0 radical (unpaired) electrons. The number of aromatic carboxylic acids is 1. The van der Waals surface area contributed by atoms with Gasteiger partial charge in [0.1, 0.15) is 0 Å². The Kier molecular flexibility index (Phi) is 4.53. The Bertz CT molecular complexity index is 607. The van der Waals surface area contributed by atoms with E-state index in [0.717, 1.165) is 5.56 Å². The Hall–Kier alpha value is -2.13. The van der Waals surface area contributed by atoms with E-state index >= 15 is 0 Å². The first-order valence-electron chi connectivity index (χ1n) is 6.68. The van der Waals surface area contributed by atoms with Gasteiger partial charge in [0, 0.05) is 12.6 Å². The van der Waals surface area contributed by atoms with Gasteiger partial charge in [0.25, 0.3) is 0 Å². The van der Waals surface area contributed by atoms with Crippen molar-refractivity contribution < 1.29 is 9.90 Å². The minimum atomic E-state index is -0.890. The average Bonchev–Trinajstić information content (AvgIpc) is 2.45. The molecular weight excluding hydrogens is 250 g/mol. The number of carbonyl (C=O) groups is 1. The Labute approximate surface area is 119 Å². The number of hydrogen-bond acceptors (Lipinski definition) is 2. The predicted molar refractivity (Wildman–Crippen MR) is 79.8 cm³/mol. The van der Waals surface area contributed by atoms with Crippen molar-refractivity contribution in [3.05, 3.63) is 70.8 Å². The van der Waals surface area contributed by atoms with E-state index in [0.29, 0.717) is 12.1 Å². The molecule has 0 spiro atoms. The smallest absolute Gasteiger partial charge is 0.335 e. The molecule has 2 N–H and O–H groups in total. The van der Waals surface area contributed by atoms with Gasteiger partial charge in [-0.2, -0.15) is 0 Å². The SMILES string of the molecule is Cc1cccc([C@H](C)NCc2cccc(C(=O)O)c2)c1. The Balaban J connectivity index is 2.01. The molecule has 2 aromatic carbocycles. The zero-order valence-electron chi connectivity index (χ0n) is 11.8. The van der Waals surface area contributed by atoms with Crippen LogP contribution < -0.4 is 5.32 Å². The lowest BCUT2D eigenvalue weighted by molar-refractivity contribution is 0.0696. The summed E-state index contributed by atoms with van der Waals surface area (Å²) >= 11 is 0. The van der Waals surface area contributed by atoms with Crippen LogP contribution in [0.2, 0.25) is 0 Å². The quantitative estimate of drug-likeness (QED) is 0.872. The molecule has 20 heavy (non-hydrogen) atoms. The molecule has 2 rings (SSSR count). The molecule has 0 heterocycles. The van der Waals surface area contributed by atoms with Crippen LogP contribution in [0.25, 0.3) is 0 Å². The van der Waals surface area contributed by atoms with E-state index in [2.05, 4.69) is 37.4 Å². The van der Waals surface area contributed by atoms with Gasteiger partial charge in [0.05, 0.1) is 5.56 Å². The number of hydrogen-bond donors (Lipinski definition) is 2. The van der Waals surface area contributed by atoms with Crippen LogP contribution in [-0.2, 0) is 6.54 Å². The number of rotatable bonds is 5. The topological polar surface area (TPSA) is 49.3 Å². The van der Waals surface area contributed by atoms with Crippen molar-refractivity contribution >= 4 is 5.97 Å². The number of carboxylic acids is 1. The Morgan fingerprint density at radius 1 is 1.20 bits per heavy atom. The minimum absolute atomic E-state index is 0.225. The maximum Gasteiger partial charge on any atom is 0.335 e. The Morgan fingerprint density at radius 3 is 2.65 bits per heavy atom. The molecule has 3 heteroatoms. The third-order valence-corrected chi connectivity index (χ3v) is 3.33. The van der Waals surface area contributed by atoms with E-state index in [1.165, 1.54) is 11.1 Å². The number of carboxylic acid groups (broad SMARTS) is 1. The molecule has 3 nitrogen and oxygen atoms in total. The molecule has 0 amide bonds. The number of nitrogens with one attached hydrogen (secondary N) is 1.